The molecule has 0 spiro atoms. The highest BCUT2D eigenvalue weighted by Gasteiger charge is 1.92. The van der Waals surface area contributed by atoms with Gasteiger partial charge in [-0.1, -0.05) is 34.8 Å². The van der Waals surface area contributed by atoms with Crippen molar-refractivity contribution in [2.75, 3.05) is 11.9 Å². The van der Waals surface area contributed by atoms with Crippen molar-refractivity contribution < 1.29 is 0 Å². The van der Waals surface area contributed by atoms with Gasteiger partial charge in [-0.05, 0) is 31.5 Å². The number of alkyl halides is 1. The largest absolute Gasteiger partial charge is 0.311 e. The number of aromatic nitrogens is 1. The monoisotopic (exact) mass is 270 g/mol. The van der Waals surface area contributed by atoms with Crippen LogP contribution in [-0.2, 0) is 6.54 Å². The number of rotatable bonds is 8. The third-order valence-electron chi connectivity index (χ3n) is 2.27. The van der Waals surface area contributed by atoms with E-state index < -0.39 is 0 Å². The van der Waals surface area contributed by atoms with E-state index in [1.54, 1.807) is 0 Å². The van der Waals surface area contributed by atoms with Gasteiger partial charge in [0.2, 0.25) is 0 Å². The Kier molecular flexibility index (Phi) is 7.48. The van der Waals surface area contributed by atoms with Crippen LogP contribution in [0, 0.1) is 0 Å². The number of pyridine rings is 1. The molecule has 0 saturated carbocycles. The van der Waals surface area contributed by atoms with Crippen LogP contribution >= 0.6 is 15.9 Å². The van der Waals surface area contributed by atoms with E-state index in [4.69, 9.17) is 0 Å². The highest BCUT2D eigenvalue weighted by Crippen LogP contribution is 2.01. The van der Waals surface area contributed by atoms with E-state index in [-0.39, 0.29) is 0 Å². The predicted molar refractivity (Wildman–Crippen MR) is 68.2 cm³/mol. The lowest BCUT2D eigenvalue weighted by Crippen LogP contribution is -2.15. The van der Waals surface area contributed by atoms with Crippen molar-refractivity contribution in [2.24, 2.45) is 0 Å². The molecule has 0 amide bonds. The van der Waals surface area contributed by atoms with Gasteiger partial charge < -0.3 is 5.32 Å². The minimum Gasteiger partial charge on any atom is -0.311 e. The molecule has 0 saturated heterocycles. The van der Waals surface area contributed by atoms with Gasteiger partial charge >= 0.3 is 0 Å². The van der Waals surface area contributed by atoms with Crippen molar-refractivity contribution in [3.63, 3.8) is 0 Å². The Balaban J connectivity index is 1.93. The smallest absolute Gasteiger partial charge is 0.0541 e. The van der Waals surface area contributed by atoms with Crippen molar-refractivity contribution in [3.05, 3.63) is 30.1 Å². The van der Waals surface area contributed by atoms with Crippen LogP contribution in [0.4, 0.5) is 0 Å². The molecule has 1 N–H and O–H groups in total. The first kappa shape index (κ1) is 12.7. The number of nitrogens with zero attached hydrogens (tertiary/aromatic N) is 1. The highest BCUT2D eigenvalue weighted by atomic mass is 79.9. The normalized spacial score (nSPS) is 10.5. The Morgan fingerprint density at radius 1 is 1.13 bits per heavy atom. The lowest BCUT2D eigenvalue weighted by atomic mass is 10.2. The molecule has 0 aromatic carbocycles. The number of hydrogen-bond acceptors (Lipinski definition) is 2. The van der Waals surface area contributed by atoms with Crippen LogP contribution in [0.1, 0.15) is 31.4 Å². The maximum atomic E-state index is 4.26. The second-order valence-electron chi connectivity index (χ2n) is 3.60. The van der Waals surface area contributed by atoms with E-state index in [0.717, 1.165) is 24.1 Å². The Morgan fingerprint density at radius 2 is 2.00 bits per heavy atom. The second kappa shape index (κ2) is 8.86. The fourth-order valence-electron chi connectivity index (χ4n) is 1.42. The van der Waals surface area contributed by atoms with Crippen LogP contribution in [0.5, 0.6) is 0 Å². The summed E-state index contributed by atoms with van der Waals surface area (Å²) in [5.74, 6) is 0. The molecule has 0 aliphatic rings. The predicted octanol–water partition coefficient (Wildman–Crippen LogP) is 3.13. The zero-order valence-electron chi connectivity index (χ0n) is 9.08. The first-order chi connectivity index (χ1) is 7.43. The first-order valence-corrected chi connectivity index (χ1v) is 6.72. The molecule has 0 aliphatic heterocycles. The molecule has 0 bridgehead atoms. The van der Waals surface area contributed by atoms with Crippen molar-refractivity contribution in [2.45, 2.75) is 32.2 Å². The molecule has 15 heavy (non-hydrogen) atoms. The van der Waals surface area contributed by atoms with Gasteiger partial charge in [0.05, 0.1) is 5.69 Å². The maximum Gasteiger partial charge on any atom is 0.0541 e. The van der Waals surface area contributed by atoms with Gasteiger partial charge in [0.1, 0.15) is 0 Å². The Labute approximate surface area is 101 Å². The van der Waals surface area contributed by atoms with Crippen LogP contribution in [0.15, 0.2) is 24.4 Å². The van der Waals surface area contributed by atoms with Gasteiger partial charge in [-0.15, -0.1) is 0 Å². The summed E-state index contributed by atoms with van der Waals surface area (Å²) in [7, 11) is 0. The highest BCUT2D eigenvalue weighted by molar-refractivity contribution is 9.09. The summed E-state index contributed by atoms with van der Waals surface area (Å²) in [4.78, 5) is 4.26. The number of hydrogen-bond donors (Lipinski definition) is 1. The van der Waals surface area contributed by atoms with E-state index in [0.29, 0.717) is 0 Å². The summed E-state index contributed by atoms with van der Waals surface area (Å²) in [5, 5.41) is 4.54. The second-order valence-corrected chi connectivity index (χ2v) is 4.39. The van der Waals surface area contributed by atoms with Crippen molar-refractivity contribution in [1.82, 2.24) is 10.3 Å². The maximum absolute atomic E-state index is 4.26. The molecule has 84 valence electrons. The zero-order valence-corrected chi connectivity index (χ0v) is 10.7. The topological polar surface area (TPSA) is 24.9 Å². The molecule has 0 fully saturated rings. The standard InChI is InChI=1S/C12H19BrN2/c13-8-4-1-2-5-9-14-11-12-7-3-6-10-15-12/h3,6-7,10,14H,1-2,4-5,8-9,11H2. The van der Waals surface area contributed by atoms with Gasteiger partial charge in [0, 0.05) is 18.1 Å². The quantitative estimate of drug-likeness (QED) is 0.580. The van der Waals surface area contributed by atoms with Crippen molar-refractivity contribution >= 4 is 15.9 Å². The molecule has 0 unspecified atom stereocenters. The van der Waals surface area contributed by atoms with Crippen LogP contribution in [0.2, 0.25) is 0 Å². The Hall–Kier alpha value is -0.410. The van der Waals surface area contributed by atoms with E-state index in [9.17, 15) is 0 Å². The SMILES string of the molecule is BrCCCCCCNCc1ccccn1. The van der Waals surface area contributed by atoms with Crippen LogP contribution in [-0.4, -0.2) is 16.9 Å². The molecule has 0 aliphatic carbocycles. The van der Waals surface area contributed by atoms with Gasteiger partial charge in [0.15, 0.2) is 0 Å². The van der Waals surface area contributed by atoms with E-state index >= 15 is 0 Å². The summed E-state index contributed by atoms with van der Waals surface area (Å²) in [5.41, 5.74) is 1.12. The molecule has 0 radical (unpaired) electrons. The molecule has 2 nitrogen and oxygen atoms in total. The lowest BCUT2D eigenvalue weighted by Gasteiger charge is -2.03. The van der Waals surface area contributed by atoms with Crippen molar-refractivity contribution in [3.8, 4) is 0 Å². The lowest BCUT2D eigenvalue weighted by molar-refractivity contribution is 0.595. The average molecular weight is 271 g/mol. The van der Waals surface area contributed by atoms with E-state index in [1.165, 1.54) is 25.7 Å². The molecule has 1 aromatic rings. The van der Waals surface area contributed by atoms with Gasteiger partial charge in [-0.2, -0.15) is 0 Å². The number of halogens is 1. The van der Waals surface area contributed by atoms with Gasteiger partial charge in [-0.25, -0.2) is 0 Å². The van der Waals surface area contributed by atoms with Crippen LogP contribution < -0.4 is 5.32 Å². The van der Waals surface area contributed by atoms with Crippen LogP contribution in [0.25, 0.3) is 0 Å². The molecule has 3 heteroatoms. The third kappa shape index (κ3) is 6.63. The first-order valence-electron chi connectivity index (χ1n) is 5.60. The zero-order chi connectivity index (χ0) is 10.8. The fraction of sp³-hybridized carbons (Fsp3) is 0.583. The molecular formula is C12H19BrN2. The molecule has 0 atom stereocenters. The Bertz CT molecular complexity index is 239. The molecular weight excluding hydrogens is 252 g/mol. The number of unbranched alkanes of at least 4 members (excludes halogenated alkanes) is 3. The van der Waals surface area contributed by atoms with E-state index in [2.05, 4.69) is 32.3 Å². The van der Waals surface area contributed by atoms with Crippen LogP contribution in [0.3, 0.4) is 0 Å². The van der Waals surface area contributed by atoms with Crippen molar-refractivity contribution in [1.29, 1.82) is 0 Å². The van der Waals surface area contributed by atoms with Gasteiger partial charge in [-0.3, -0.25) is 4.98 Å². The summed E-state index contributed by atoms with van der Waals surface area (Å²) in [6.45, 7) is 1.98. The number of nitrogens with one attached hydrogen (secondary N) is 1. The molecule has 1 aromatic heterocycles. The van der Waals surface area contributed by atoms with E-state index in [1.807, 2.05) is 18.3 Å². The summed E-state index contributed by atoms with van der Waals surface area (Å²) >= 11 is 3.44. The minimum atomic E-state index is 0.888. The summed E-state index contributed by atoms with van der Waals surface area (Å²) in [6, 6.07) is 6.03. The molecule has 1 rings (SSSR count). The Morgan fingerprint density at radius 3 is 2.73 bits per heavy atom. The fourth-order valence-corrected chi connectivity index (χ4v) is 1.81. The third-order valence-corrected chi connectivity index (χ3v) is 2.83. The minimum absolute atomic E-state index is 0.888. The molecule has 1 heterocycles. The van der Waals surface area contributed by atoms with Gasteiger partial charge in [0.25, 0.3) is 0 Å². The summed E-state index contributed by atoms with van der Waals surface area (Å²) in [6.07, 6.45) is 7.05. The average Bonchev–Trinajstić information content (AvgIpc) is 2.29. The summed E-state index contributed by atoms with van der Waals surface area (Å²) < 4.78 is 0.